The number of furan rings is 1. The van der Waals surface area contributed by atoms with Crippen molar-refractivity contribution in [1.29, 1.82) is 0 Å². The summed E-state index contributed by atoms with van der Waals surface area (Å²) in [6.07, 6.45) is 3.28. The van der Waals surface area contributed by atoms with Crippen molar-refractivity contribution in [2.75, 3.05) is 19.6 Å². The van der Waals surface area contributed by atoms with Crippen LogP contribution in [0.25, 0.3) is 0 Å². The molecule has 0 saturated carbocycles. The Morgan fingerprint density at radius 2 is 2.12 bits per heavy atom. The van der Waals surface area contributed by atoms with Crippen LogP contribution in [0.2, 0.25) is 0 Å². The van der Waals surface area contributed by atoms with E-state index in [2.05, 4.69) is 17.1 Å². The summed E-state index contributed by atoms with van der Waals surface area (Å²) in [5.74, 6) is 0.483. The highest BCUT2D eigenvalue weighted by Crippen LogP contribution is 2.12. The molecule has 2 rings (SSSR count). The molecule has 0 saturated heterocycles. The van der Waals surface area contributed by atoms with E-state index in [1.54, 1.807) is 24.5 Å². The van der Waals surface area contributed by atoms with Gasteiger partial charge in [-0.15, -0.1) is 0 Å². The second-order valence-electron chi connectivity index (χ2n) is 5.96. The molecule has 1 aromatic carbocycles. The second-order valence-corrected chi connectivity index (χ2v) is 5.96. The number of hydrogen-bond donors (Lipinski definition) is 1. The maximum Gasteiger partial charge on any atom is 0.234 e. The first-order valence-corrected chi connectivity index (χ1v) is 8.38. The minimum absolute atomic E-state index is 0.0356. The van der Waals surface area contributed by atoms with Crippen molar-refractivity contribution in [3.05, 3.63) is 59.8 Å². The van der Waals surface area contributed by atoms with E-state index < -0.39 is 0 Å². The second kappa shape index (κ2) is 9.23. The average Bonchev–Trinajstić information content (AvgIpc) is 3.07. The molecule has 0 aliphatic heterocycles. The van der Waals surface area contributed by atoms with Gasteiger partial charge in [0.25, 0.3) is 0 Å². The van der Waals surface area contributed by atoms with E-state index in [1.165, 1.54) is 6.07 Å². The molecule has 24 heavy (non-hydrogen) atoms. The molecule has 130 valence electrons. The zero-order valence-electron chi connectivity index (χ0n) is 14.3. The first-order valence-electron chi connectivity index (χ1n) is 8.38. The number of nitrogens with zero attached hydrogens (tertiary/aromatic N) is 1. The summed E-state index contributed by atoms with van der Waals surface area (Å²) in [7, 11) is 0. The zero-order chi connectivity index (χ0) is 17.4. The minimum Gasteiger partial charge on any atom is -0.467 e. The Hall–Kier alpha value is -2.14. The van der Waals surface area contributed by atoms with Crippen LogP contribution in [0.4, 0.5) is 4.39 Å². The summed E-state index contributed by atoms with van der Waals surface area (Å²) in [6, 6.07) is 10.1. The lowest BCUT2D eigenvalue weighted by molar-refractivity contribution is -0.123. The molecule has 1 amide bonds. The topological polar surface area (TPSA) is 45.5 Å². The molecule has 4 nitrogen and oxygen atoms in total. The number of halogens is 1. The smallest absolute Gasteiger partial charge is 0.234 e. The lowest BCUT2D eigenvalue weighted by Gasteiger charge is -2.22. The Balaban J connectivity index is 1.84. The van der Waals surface area contributed by atoms with Gasteiger partial charge < -0.3 is 9.73 Å². The fraction of sp³-hybridized carbons (Fsp3) is 0.421. The van der Waals surface area contributed by atoms with E-state index in [0.29, 0.717) is 6.54 Å². The Bertz CT molecular complexity index is 628. The van der Waals surface area contributed by atoms with Crippen LogP contribution in [-0.2, 0) is 11.2 Å². The van der Waals surface area contributed by atoms with E-state index >= 15 is 0 Å². The van der Waals surface area contributed by atoms with Crippen LogP contribution < -0.4 is 5.32 Å². The number of benzene rings is 1. The lowest BCUT2D eigenvalue weighted by atomic mass is 10.1. The normalized spacial score (nSPS) is 12.3. The summed E-state index contributed by atoms with van der Waals surface area (Å²) >= 11 is 0. The van der Waals surface area contributed by atoms with Crippen molar-refractivity contribution in [1.82, 2.24) is 10.2 Å². The van der Waals surface area contributed by atoms with Gasteiger partial charge in [-0.05, 0) is 56.1 Å². The van der Waals surface area contributed by atoms with Crippen LogP contribution in [0.3, 0.4) is 0 Å². The van der Waals surface area contributed by atoms with E-state index in [4.69, 9.17) is 4.42 Å². The highest BCUT2D eigenvalue weighted by molar-refractivity contribution is 5.78. The maximum atomic E-state index is 13.2. The minimum atomic E-state index is -0.223. The molecule has 0 spiro atoms. The number of nitrogens with one attached hydrogen (secondary N) is 1. The Morgan fingerprint density at radius 3 is 2.79 bits per heavy atom. The fourth-order valence-corrected chi connectivity index (χ4v) is 2.66. The van der Waals surface area contributed by atoms with Crippen LogP contribution >= 0.6 is 0 Å². The van der Waals surface area contributed by atoms with Gasteiger partial charge in [-0.25, -0.2) is 4.39 Å². The molecule has 1 atom stereocenters. The Labute approximate surface area is 142 Å². The molecule has 1 N–H and O–H groups in total. The highest BCUT2D eigenvalue weighted by atomic mass is 19.1. The molecule has 0 aliphatic carbocycles. The predicted octanol–water partition coefficient (Wildman–Crippen LogP) is 3.55. The molecule has 1 heterocycles. The van der Waals surface area contributed by atoms with Crippen LogP contribution in [-0.4, -0.2) is 30.4 Å². The van der Waals surface area contributed by atoms with Gasteiger partial charge in [-0.1, -0.05) is 19.1 Å². The van der Waals surface area contributed by atoms with Crippen molar-refractivity contribution in [2.45, 2.75) is 32.7 Å². The summed E-state index contributed by atoms with van der Waals surface area (Å²) in [5.41, 5.74) is 0.945. The van der Waals surface area contributed by atoms with E-state index in [1.807, 2.05) is 19.1 Å². The molecule has 1 aromatic heterocycles. The maximum absolute atomic E-state index is 13.2. The molecule has 1 unspecified atom stereocenters. The molecule has 2 aromatic rings. The molecule has 0 radical (unpaired) electrons. The number of hydrogen-bond acceptors (Lipinski definition) is 3. The quantitative estimate of drug-likeness (QED) is 0.764. The van der Waals surface area contributed by atoms with Gasteiger partial charge in [0.1, 0.15) is 11.6 Å². The number of carbonyl (C=O) groups excluding carboxylic acids is 1. The number of rotatable bonds is 9. The first kappa shape index (κ1) is 18.2. The first-order chi connectivity index (χ1) is 11.6. The Morgan fingerprint density at radius 1 is 1.29 bits per heavy atom. The molecular formula is C19H25FN2O2. The molecule has 0 aliphatic rings. The van der Waals surface area contributed by atoms with Gasteiger partial charge >= 0.3 is 0 Å². The summed E-state index contributed by atoms with van der Waals surface area (Å²) in [5, 5.41) is 2.94. The van der Waals surface area contributed by atoms with Crippen LogP contribution in [0.1, 0.15) is 37.6 Å². The van der Waals surface area contributed by atoms with Crippen molar-refractivity contribution >= 4 is 5.91 Å². The van der Waals surface area contributed by atoms with Gasteiger partial charge in [0, 0.05) is 6.54 Å². The Kier molecular flexibility index (Phi) is 7.00. The van der Waals surface area contributed by atoms with Gasteiger partial charge in [0.15, 0.2) is 0 Å². The SMILES string of the molecule is CCCN(CCc1cccc(F)c1)CC(=O)NC(C)c1ccco1. The average molecular weight is 332 g/mol. The predicted molar refractivity (Wildman–Crippen MR) is 92.1 cm³/mol. The van der Waals surface area contributed by atoms with E-state index in [0.717, 1.165) is 37.3 Å². The summed E-state index contributed by atoms with van der Waals surface area (Å²) in [6.45, 7) is 5.86. The summed E-state index contributed by atoms with van der Waals surface area (Å²) in [4.78, 5) is 14.3. The molecule has 0 bridgehead atoms. The molecular weight excluding hydrogens is 307 g/mol. The fourth-order valence-electron chi connectivity index (χ4n) is 2.66. The van der Waals surface area contributed by atoms with Crippen LogP contribution in [0.15, 0.2) is 47.1 Å². The highest BCUT2D eigenvalue weighted by Gasteiger charge is 2.15. The third-order valence-corrected chi connectivity index (χ3v) is 3.86. The number of amides is 1. The van der Waals surface area contributed by atoms with Gasteiger partial charge in [0.05, 0.1) is 18.8 Å². The molecule has 0 fully saturated rings. The van der Waals surface area contributed by atoms with Crippen molar-refractivity contribution in [2.24, 2.45) is 0 Å². The van der Waals surface area contributed by atoms with E-state index in [-0.39, 0.29) is 17.8 Å². The zero-order valence-corrected chi connectivity index (χ0v) is 14.3. The van der Waals surface area contributed by atoms with Crippen LogP contribution in [0, 0.1) is 5.82 Å². The third-order valence-electron chi connectivity index (χ3n) is 3.86. The van der Waals surface area contributed by atoms with Crippen molar-refractivity contribution < 1.29 is 13.6 Å². The summed E-state index contributed by atoms with van der Waals surface area (Å²) < 4.78 is 18.5. The van der Waals surface area contributed by atoms with Gasteiger partial charge in [0.2, 0.25) is 5.91 Å². The number of carbonyl (C=O) groups is 1. The van der Waals surface area contributed by atoms with Gasteiger partial charge in [-0.2, -0.15) is 0 Å². The standard InChI is InChI=1S/C19H25FN2O2/c1-3-10-22(11-9-16-6-4-7-17(20)13-16)14-19(23)21-15(2)18-8-5-12-24-18/h4-8,12-13,15H,3,9-11,14H2,1-2H3,(H,21,23). The van der Waals surface area contributed by atoms with E-state index in [9.17, 15) is 9.18 Å². The lowest BCUT2D eigenvalue weighted by Crippen LogP contribution is -2.39. The third kappa shape index (κ3) is 5.81. The largest absolute Gasteiger partial charge is 0.467 e. The monoisotopic (exact) mass is 332 g/mol. The van der Waals surface area contributed by atoms with Gasteiger partial charge in [-0.3, -0.25) is 9.69 Å². The van der Waals surface area contributed by atoms with Crippen LogP contribution in [0.5, 0.6) is 0 Å². The van der Waals surface area contributed by atoms with Crippen molar-refractivity contribution in [3.63, 3.8) is 0 Å². The molecule has 5 heteroatoms. The van der Waals surface area contributed by atoms with Crippen molar-refractivity contribution in [3.8, 4) is 0 Å².